The summed E-state index contributed by atoms with van der Waals surface area (Å²) in [6.07, 6.45) is 2.62. The molecule has 1 aromatic heterocycles. The fourth-order valence-electron chi connectivity index (χ4n) is 3.10. The van der Waals surface area contributed by atoms with Crippen LogP contribution in [0, 0.1) is 0 Å². The number of benzene rings is 1. The predicted molar refractivity (Wildman–Crippen MR) is 109 cm³/mol. The average Bonchev–Trinajstić information content (AvgIpc) is 3.20. The van der Waals surface area contributed by atoms with Crippen molar-refractivity contribution in [3.05, 3.63) is 47.9 Å². The lowest BCUT2D eigenvalue weighted by Crippen LogP contribution is -2.49. The maximum absolute atomic E-state index is 12.4. The van der Waals surface area contributed by atoms with Crippen LogP contribution in [-0.2, 0) is 0 Å². The highest BCUT2D eigenvalue weighted by Crippen LogP contribution is 2.49. The van der Waals surface area contributed by atoms with Crippen molar-refractivity contribution in [1.29, 1.82) is 0 Å². The van der Waals surface area contributed by atoms with Crippen LogP contribution >= 0.6 is 10.6 Å². The van der Waals surface area contributed by atoms with E-state index in [4.69, 9.17) is 15.9 Å². The summed E-state index contributed by atoms with van der Waals surface area (Å²) in [5, 5.41) is 0. The number of anilines is 1. The van der Waals surface area contributed by atoms with Crippen molar-refractivity contribution in [1.82, 2.24) is 4.90 Å². The van der Waals surface area contributed by atoms with Crippen LogP contribution in [0.3, 0.4) is 0 Å². The monoisotopic (exact) mass is 420 g/mol. The minimum Gasteiger partial charge on any atom is -0.764 e. The highest BCUT2D eigenvalue weighted by molar-refractivity contribution is 8.23. The number of guanidine groups is 1. The third-order valence-electron chi connectivity index (χ3n) is 4.48. The molecular weight excluding hydrogens is 398 g/mol. The lowest BCUT2D eigenvalue weighted by atomic mass is 10.1. The van der Waals surface area contributed by atoms with Crippen LogP contribution < -0.4 is 16.4 Å². The number of carbonyl (C=O) groups excluding carboxylic acids is 2. The van der Waals surface area contributed by atoms with Gasteiger partial charge in [0.2, 0.25) is 0 Å². The molecular formula is C18H22N5O5S-. The Morgan fingerprint density at radius 3 is 2.45 bits per heavy atom. The Bertz CT molecular complexity index is 927. The van der Waals surface area contributed by atoms with Crippen molar-refractivity contribution in [2.45, 2.75) is 4.90 Å². The zero-order valence-corrected chi connectivity index (χ0v) is 16.6. The van der Waals surface area contributed by atoms with Crippen LogP contribution in [0.5, 0.6) is 0 Å². The molecule has 156 valence electrons. The van der Waals surface area contributed by atoms with E-state index in [9.17, 15) is 18.7 Å². The number of piperazine rings is 1. The van der Waals surface area contributed by atoms with Gasteiger partial charge in [-0.3, -0.25) is 9.59 Å². The van der Waals surface area contributed by atoms with E-state index in [-0.39, 0.29) is 28.1 Å². The molecule has 0 radical (unpaired) electrons. The summed E-state index contributed by atoms with van der Waals surface area (Å²) in [6, 6.07) is 7.68. The van der Waals surface area contributed by atoms with Gasteiger partial charge < -0.3 is 45.4 Å². The van der Waals surface area contributed by atoms with Crippen LogP contribution in [0.4, 0.5) is 5.69 Å². The van der Waals surface area contributed by atoms with E-state index in [2.05, 4.69) is 4.99 Å². The molecule has 2 heterocycles. The van der Waals surface area contributed by atoms with E-state index in [1.54, 1.807) is 23.1 Å². The van der Waals surface area contributed by atoms with Gasteiger partial charge in [-0.2, -0.15) is 4.99 Å². The van der Waals surface area contributed by atoms with Crippen molar-refractivity contribution in [2.75, 3.05) is 37.3 Å². The smallest absolute Gasteiger partial charge is 0.289 e. The summed E-state index contributed by atoms with van der Waals surface area (Å²) in [6.45, 7) is 1.75. The molecule has 1 aliphatic heterocycles. The minimum atomic E-state index is -3.38. The molecule has 0 aliphatic carbocycles. The summed E-state index contributed by atoms with van der Waals surface area (Å²) in [5.41, 5.74) is 11.1. The van der Waals surface area contributed by atoms with Gasteiger partial charge in [-0.15, -0.1) is 0 Å². The lowest BCUT2D eigenvalue weighted by molar-refractivity contribution is 0.0714. The van der Waals surface area contributed by atoms with Gasteiger partial charge in [-0.25, -0.2) is 0 Å². The maximum atomic E-state index is 12.4. The van der Waals surface area contributed by atoms with Crippen molar-refractivity contribution in [2.24, 2.45) is 16.5 Å². The highest BCUT2D eigenvalue weighted by atomic mass is 32.3. The van der Waals surface area contributed by atoms with E-state index < -0.39 is 16.5 Å². The summed E-state index contributed by atoms with van der Waals surface area (Å²) >= 11 is 0. The first-order chi connectivity index (χ1) is 13.7. The Labute approximate surface area is 169 Å². The maximum Gasteiger partial charge on any atom is 0.289 e. The molecule has 10 nitrogen and oxygen atoms in total. The first-order valence-corrected chi connectivity index (χ1v) is 10.7. The Balaban J connectivity index is 1.81. The topological polar surface area (TPSA) is 161 Å². The van der Waals surface area contributed by atoms with Gasteiger partial charge in [-0.1, -0.05) is 0 Å². The largest absolute Gasteiger partial charge is 0.764 e. The normalized spacial score (nSPS) is 17.3. The van der Waals surface area contributed by atoms with Crippen LogP contribution in [0.15, 0.2) is 50.9 Å². The molecule has 29 heavy (non-hydrogen) atoms. The number of rotatable bonds is 4. The van der Waals surface area contributed by atoms with Gasteiger partial charge in [-0.05, 0) is 36.6 Å². The number of nitrogens with zero attached hydrogens (tertiary/aromatic N) is 3. The second-order valence-electron chi connectivity index (χ2n) is 6.58. The number of hydrogen-bond acceptors (Lipinski definition) is 6. The van der Waals surface area contributed by atoms with Crippen molar-refractivity contribution < 1.29 is 23.1 Å². The quantitative estimate of drug-likeness (QED) is 0.488. The number of furan rings is 1. The van der Waals surface area contributed by atoms with E-state index in [1.165, 1.54) is 24.7 Å². The SMILES string of the molecule is CS([O-])(O)c1cc(C(=O)N=C(N)N)ccc1N1CCN(C(=O)c2ccco2)CC1. The Kier molecular flexibility index (Phi) is 5.82. The van der Waals surface area contributed by atoms with E-state index in [0.29, 0.717) is 31.9 Å². The molecule has 1 fully saturated rings. The fraction of sp³-hybridized carbons (Fsp3) is 0.278. The van der Waals surface area contributed by atoms with Crippen molar-refractivity contribution in [3.8, 4) is 0 Å². The van der Waals surface area contributed by atoms with E-state index >= 15 is 0 Å². The van der Waals surface area contributed by atoms with Gasteiger partial charge in [0.15, 0.2) is 11.7 Å². The molecule has 3 rings (SSSR count). The molecule has 11 heteroatoms. The molecule has 1 atom stereocenters. The van der Waals surface area contributed by atoms with Crippen LogP contribution in [0.1, 0.15) is 20.9 Å². The molecule has 5 N–H and O–H groups in total. The Morgan fingerprint density at radius 2 is 1.90 bits per heavy atom. The number of carbonyl (C=O) groups is 2. The zero-order valence-electron chi connectivity index (χ0n) is 15.8. The molecule has 0 saturated carbocycles. The minimum absolute atomic E-state index is 0.104. The average molecular weight is 420 g/mol. The predicted octanol–water partition coefficient (Wildman–Crippen LogP) is 1.05. The van der Waals surface area contributed by atoms with Crippen LogP contribution in [0.25, 0.3) is 0 Å². The molecule has 1 saturated heterocycles. The van der Waals surface area contributed by atoms with Gasteiger partial charge in [0, 0.05) is 36.6 Å². The lowest BCUT2D eigenvalue weighted by Gasteiger charge is -2.45. The Hall–Kier alpha value is -3.02. The molecule has 0 spiro atoms. The van der Waals surface area contributed by atoms with Crippen LogP contribution in [-0.4, -0.2) is 64.2 Å². The molecule has 2 aromatic rings. The second-order valence-corrected chi connectivity index (χ2v) is 8.63. The first-order valence-electron chi connectivity index (χ1n) is 8.74. The van der Waals surface area contributed by atoms with Gasteiger partial charge in [0.1, 0.15) is 0 Å². The summed E-state index contributed by atoms with van der Waals surface area (Å²) in [5.74, 6) is -1.02. The molecule has 1 unspecified atom stereocenters. The zero-order chi connectivity index (χ0) is 21.2. The fourth-order valence-corrected chi connectivity index (χ4v) is 4.03. The standard InChI is InChI=1S/C18H23N5O5S/c1-29(26,27)15-11-12(16(24)21-18(19)20)4-5-13(15)22-6-8-23(9-7-22)17(25)14-3-2-10-28-14/h2-5,10-11,26-27H,6-9H2,1H3,(H4,19,20,21,24)/p-1. The van der Waals surface area contributed by atoms with E-state index in [1.807, 2.05) is 4.90 Å². The number of nitrogens with two attached hydrogens (primary N) is 2. The number of hydrogen-bond donors (Lipinski definition) is 3. The highest BCUT2D eigenvalue weighted by Gasteiger charge is 2.26. The Morgan fingerprint density at radius 1 is 1.21 bits per heavy atom. The van der Waals surface area contributed by atoms with Gasteiger partial charge in [0.25, 0.3) is 11.8 Å². The number of amides is 2. The summed E-state index contributed by atoms with van der Waals surface area (Å²) < 4.78 is 27.8. The van der Waals surface area contributed by atoms with Gasteiger partial charge >= 0.3 is 0 Å². The summed E-state index contributed by atoms with van der Waals surface area (Å²) in [4.78, 5) is 31.6. The van der Waals surface area contributed by atoms with Gasteiger partial charge in [0.05, 0.1) is 12.0 Å². The van der Waals surface area contributed by atoms with Crippen molar-refractivity contribution >= 4 is 34.1 Å². The number of aliphatic imine (C=N–C) groups is 1. The third-order valence-corrected chi connectivity index (χ3v) is 5.63. The van der Waals surface area contributed by atoms with Crippen molar-refractivity contribution in [3.63, 3.8) is 0 Å². The van der Waals surface area contributed by atoms with E-state index in [0.717, 1.165) is 0 Å². The summed E-state index contributed by atoms with van der Waals surface area (Å²) in [7, 11) is -3.38. The van der Waals surface area contributed by atoms with Crippen LogP contribution in [0.2, 0.25) is 0 Å². The molecule has 1 aromatic carbocycles. The molecule has 2 amide bonds. The first kappa shape index (κ1) is 20.7. The molecule has 0 bridgehead atoms. The second kappa shape index (κ2) is 8.15. The third kappa shape index (κ3) is 4.70. The molecule has 1 aliphatic rings.